The van der Waals surface area contributed by atoms with Gasteiger partial charge in [-0.25, -0.2) is 9.97 Å². The Balaban J connectivity index is 1.15. The van der Waals surface area contributed by atoms with E-state index in [2.05, 4.69) is 195 Å². The Bertz CT molecular complexity index is 4180. The average molecular weight is 837 g/mol. The molecule has 0 saturated carbocycles. The predicted octanol–water partition coefficient (Wildman–Crippen LogP) is 16.0. The van der Waals surface area contributed by atoms with E-state index in [1.165, 1.54) is 49.0 Å². The van der Waals surface area contributed by atoms with E-state index in [1.54, 1.807) is 0 Å². The van der Waals surface area contributed by atoms with Crippen molar-refractivity contribution >= 4 is 98.0 Å². The van der Waals surface area contributed by atoms with Crippen LogP contribution in [0.4, 0.5) is 0 Å². The third-order valence-corrected chi connectivity index (χ3v) is 15.0. The highest BCUT2D eigenvalue weighted by Crippen LogP contribution is 2.50. The van der Waals surface area contributed by atoms with Gasteiger partial charge >= 0.3 is 0 Å². The number of para-hydroxylation sites is 2. The minimum absolute atomic E-state index is 0.0674. The van der Waals surface area contributed by atoms with E-state index in [4.69, 9.17) is 14.4 Å². The number of hydrogen-bond donors (Lipinski definition) is 0. The topological polar surface area (TPSA) is 48.8 Å². The van der Waals surface area contributed by atoms with Crippen LogP contribution < -0.4 is 0 Å². The van der Waals surface area contributed by atoms with Crippen molar-refractivity contribution in [2.75, 3.05) is 0 Å². The van der Waals surface area contributed by atoms with Crippen molar-refractivity contribution in [3.63, 3.8) is 0 Å². The highest BCUT2D eigenvalue weighted by molar-refractivity contribution is 6.25. The van der Waals surface area contributed by atoms with Gasteiger partial charge in [-0.1, -0.05) is 125 Å². The molecule has 0 aliphatic heterocycles. The first-order valence-corrected chi connectivity index (χ1v) is 22.9. The van der Waals surface area contributed by atoms with Gasteiger partial charge in [0.15, 0.2) is 0 Å². The van der Waals surface area contributed by atoms with Crippen LogP contribution in [-0.4, -0.2) is 19.1 Å². The summed E-state index contributed by atoms with van der Waals surface area (Å²) in [5.41, 5.74) is 13.3. The molecule has 5 heteroatoms. The smallest absolute Gasteiger partial charge is 0.235 e. The van der Waals surface area contributed by atoms with E-state index in [1.807, 2.05) is 12.1 Å². The zero-order valence-corrected chi connectivity index (χ0v) is 36.8. The number of hydrogen-bond acceptors (Lipinski definition) is 3. The van der Waals surface area contributed by atoms with Gasteiger partial charge < -0.3 is 8.98 Å². The van der Waals surface area contributed by atoms with Gasteiger partial charge in [-0.15, -0.1) is 0 Å². The zero-order chi connectivity index (χ0) is 43.3. The summed E-state index contributed by atoms with van der Waals surface area (Å²) in [4.78, 5) is 11.3. The molecule has 0 spiro atoms. The van der Waals surface area contributed by atoms with Crippen LogP contribution >= 0.6 is 0 Å². The van der Waals surface area contributed by atoms with Crippen LogP contribution in [0.25, 0.3) is 121 Å². The second-order valence-corrected chi connectivity index (χ2v) is 19.6. The highest BCUT2D eigenvalue weighted by atomic mass is 16.3. The fraction of sp³-hybridized carbons (Fsp3) is 0.133. The van der Waals surface area contributed by atoms with Crippen LogP contribution in [0.5, 0.6) is 0 Å². The van der Waals surface area contributed by atoms with E-state index < -0.39 is 0 Å². The molecule has 4 heterocycles. The quantitative estimate of drug-likeness (QED) is 0.167. The first kappa shape index (κ1) is 36.7. The van der Waals surface area contributed by atoms with E-state index in [0.717, 1.165) is 90.0 Å². The maximum atomic E-state index is 6.31. The standard InChI is InChI=1S/C60H44N4O/c1-59(2)28-29-60(3,4)48-33-50-44(32-47(48)59)43-31-46-52(34-51(43)63(50)38-16-6-5-7-17-38)64(49-26-23-35-14-8-10-18-39(35)55(46)49)58-61-56(42-25-22-36-15-9-11-19-40(36)57(42)62-58)37-24-27-54-45(30-37)41-20-12-13-21-53(41)65-54/h5-27,30-34H,28-29H2,1-4H3. The molecule has 1 aliphatic rings. The molecule has 14 rings (SSSR count). The van der Waals surface area contributed by atoms with Crippen LogP contribution in [-0.2, 0) is 10.8 Å². The molecular weight excluding hydrogens is 793 g/mol. The third-order valence-electron chi connectivity index (χ3n) is 15.0. The lowest BCUT2D eigenvalue weighted by Gasteiger charge is -2.42. The van der Waals surface area contributed by atoms with Crippen molar-refractivity contribution < 1.29 is 4.42 Å². The first-order valence-electron chi connectivity index (χ1n) is 22.9. The Morgan fingerprint density at radius 2 is 1.06 bits per heavy atom. The number of aromatic nitrogens is 4. The third kappa shape index (κ3) is 5.15. The largest absolute Gasteiger partial charge is 0.456 e. The van der Waals surface area contributed by atoms with Crippen molar-refractivity contribution in [3.05, 3.63) is 181 Å². The van der Waals surface area contributed by atoms with E-state index in [0.29, 0.717) is 5.95 Å². The molecule has 0 radical (unpaired) electrons. The molecule has 13 aromatic rings. The van der Waals surface area contributed by atoms with Crippen molar-refractivity contribution in [3.8, 4) is 22.9 Å². The molecule has 310 valence electrons. The van der Waals surface area contributed by atoms with Gasteiger partial charge in [0.1, 0.15) is 11.2 Å². The van der Waals surface area contributed by atoms with Crippen LogP contribution in [0, 0.1) is 0 Å². The lowest BCUT2D eigenvalue weighted by molar-refractivity contribution is 0.332. The van der Waals surface area contributed by atoms with Gasteiger partial charge in [0, 0.05) is 54.3 Å². The second kappa shape index (κ2) is 12.9. The van der Waals surface area contributed by atoms with Gasteiger partial charge in [0.25, 0.3) is 0 Å². The van der Waals surface area contributed by atoms with Gasteiger partial charge in [0.05, 0.1) is 33.3 Å². The van der Waals surface area contributed by atoms with Gasteiger partial charge in [-0.2, -0.15) is 0 Å². The van der Waals surface area contributed by atoms with E-state index in [9.17, 15) is 0 Å². The minimum Gasteiger partial charge on any atom is -0.456 e. The van der Waals surface area contributed by atoms with Crippen molar-refractivity contribution in [2.45, 2.75) is 51.4 Å². The molecule has 0 atom stereocenters. The fourth-order valence-electron chi connectivity index (χ4n) is 11.5. The molecule has 65 heavy (non-hydrogen) atoms. The maximum Gasteiger partial charge on any atom is 0.235 e. The zero-order valence-electron chi connectivity index (χ0n) is 36.8. The maximum absolute atomic E-state index is 6.31. The number of rotatable bonds is 3. The molecule has 0 saturated heterocycles. The van der Waals surface area contributed by atoms with Crippen LogP contribution in [0.3, 0.4) is 0 Å². The van der Waals surface area contributed by atoms with Gasteiger partial charge in [-0.3, -0.25) is 4.57 Å². The number of benzene rings is 9. The van der Waals surface area contributed by atoms with Crippen LogP contribution in [0.2, 0.25) is 0 Å². The van der Waals surface area contributed by atoms with Crippen molar-refractivity contribution in [1.29, 1.82) is 0 Å². The molecule has 0 unspecified atom stereocenters. The molecule has 0 bridgehead atoms. The second-order valence-electron chi connectivity index (χ2n) is 19.6. The van der Waals surface area contributed by atoms with Crippen LogP contribution in [0.15, 0.2) is 174 Å². The molecule has 0 fully saturated rings. The summed E-state index contributed by atoms with van der Waals surface area (Å²) in [6.45, 7) is 9.70. The first-order chi connectivity index (χ1) is 31.7. The normalized spacial score (nSPS) is 14.9. The average Bonchev–Trinajstić information content (AvgIpc) is 3.98. The molecule has 5 nitrogen and oxygen atoms in total. The SMILES string of the molecule is CC1(C)CCC(C)(C)c2cc3c(cc21)c1cc2c4c5ccccc5ccc4n(-c4nc(-c5ccc6oc7ccccc7c6c5)c5ccc6ccccc6c5n4)c2cc1n3-c1ccccc1. The monoisotopic (exact) mass is 836 g/mol. The summed E-state index contributed by atoms with van der Waals surface area (Å²) < 4.78 is 11.1. The minimum atomic E-state index is 0.0674. The molecule has 4 aromatic heterocycles. The predicted molar refractivity (Wildman–Crippen MR) is 271 cm³/mol. The molecular formula is C60H44N4O. The lowest BCUT2D eigenvalue weighted by atomic mass is 9.63. The van der Waals surface area contributed by atoms with E-state index in [-0.39, 0.29) is 10.8 Å². The number of furan rings is 1. The Morgan fingerprint density at radius 1 is 0.431 bits per heavy atom. The van der Waals surface area contributed by atoms with E-state index >= 15 is 0 Å². The Morgan fingerprint density at radius 3 is 1.88 bits per heavy atom. The summed E-state index contributed by atoms with van der Waals surface area (Å²) in [6, 6.07) is 61.9. The highest BCUT2D eigenvalue weighted by Gasteiger charge is 2.38. The summed E-state index contributed by atoms with van der Waals surface area (Å²) in [7, 11) is 0. The summed E-state index contributed by atoms with van der Waals surface area (Å²) in [5, 5.41) is 12.7. The number of fused-ring (bicyclic) bond motifs is 15. The van der Waals surface area contributed by atoms with Gasteiger partial charge in [0.2, 0.25) is 5.95 Å². The Kier molecular flexibility index (Phi) is 7.30. The van der Waals surface area contributed by atoms with Crippen LogP contribution in [0.1, 0.15) is 51.7 Å². The molecule has 1 aliphatic carbocycles. The van der Waals surface area contributed by atoms with Crippen molar-refractivity contribution in [2.24, 2.45) is 0 Å². The molecule has 9 aromatic carbocycles. The van der Waals surface area contributed by atoms with Crippen molar-refractivity contribution in [1.82, 2.24) is 19.1 Å². The molecule has 0 amide bonds. The Labute approximate surface area is 375 Å². The molecule has 0 N–H and O–H groups in total. The summed E-state index contributed by atoms with van der Waals surface area (Å²) in [5.74, 6) is 0.636. The Hall–Kier alpha value is -7.76. The summed E-state index contributed by atoms with van der Waals surface area (Å²) in [6.07, 6.45) is 2.32. The number of nitrogens with zero attached hydrogens (tertiary/aromatic N) is 4. The summed E-state index contributed by atoms with van der Waals surface area (Å²) >= 11 is 0. The lowest BCUT2D eigenvalue weighted by Crippen LogP contribution is -2.33. The van der Waals surface area contributed by atoms with Gasteiger partial charge in [-0.05, 0) is 124 Å². The fourth-order valence-corrected chi connectivity index (χ4v) is 11.5.